The van der Waals surface area contributed by atoms with E-state index < -0.39 is 0 Å². The normalized spacial score (nSPS) is 10.1. The van der Waals surface area contributed by atoms with Gasteiger partial charge in [0, 0.05) is 25.5 Å². The minimum absolute atomic E-state index is 0.325. The summed E-state index contributed by atoms with van der Waals surface area (Å²) in [7, 11) is 0. The summed E-state index contributed by atoms with van der Waals surface area (Å²) < 4.78 is 0. The van der Waals surface area contributed by atoms with E-state index in [1.165, 1.54) is 5.56 Å². The smallest absolute Gasteiger partial charge is 0.163 e. The Labute approximate surface area is 141 Å². The highest BCUT2D eigenvalue weighted by molar-refractivity contribution is 5.40. The monoisotopic (exact) mass is 315 g/mol. The molecule has 0 amide bonds. The molecule has 2 heterocycles. The molecule has 0 N–H and O–H groups in total. The van der Waals surface area contributed by atoms with Gasteiger partial charge < -0.3 is 4.90 Å². The molecule has 0 saturated carbocycles. The van der Waals surface area contributed by atoms with E-state index in [9.17, 15) is 0 Å². The van der Waals surface area contributed by atoms with E-state index in [0.717, 1.165) is 30.9 Å². The topological polar surface area (TPSA) is 65.7 Å². The van der Waals surface area contributed by atoms with Crippen LogP contribution in [0.25, 0.3) is 0 Å². The van der Waals surface area contributed by atoms with Gasteiger partial charge in [0.1, 0.15) is 6.07 Å². The Hall–Kier alpha value is -3.26. The summed E-state index contributed by atoms with van der Waals surface area (Å²) >= 11 is 0. The van der Waals surface area contributed by atoms with E-state index in [2.05, 4.69) is 32.2 Å². The van der Waals surface area contributed by atoms with Gasteiger partial charge in [0.2, 0.25) is 0 Å². The zero-order chi connectivity index (χ0) is 16.6. The van der Waals surface area contributed by atoms with Crippen LogP contribution in [-0.4, -0.2) is 21.7 Å². The number of nitriles is 1. The van der Waals surface area contributed by atoms with Gasteiger partial charge in [0.25, 0.3) is 0 Å². The molecule has 0 fully saturated rings. The van der Waals surface area contributed by atoms with Crippen LogP contribution in [0.15, 0.2) is 67.0 Å². The summed E-state index contributed by atoms with van der Waals surface area (Å²) in [6, 6.07) is 19.9. The Morgan fingerprint density at radius 1 is 0.875 bits per heavy atom. The molecule has 3 rings (SSSR count). The maximum atomic E-state index is 8.88. The van der Waals surface area contributed by atoms with Crippen molar-refractivity contribution in [2.24, 2.45) is 0 Å². The van der Waals surface area contributed by atoms with Crippen LogP contribution in [0.5, 0.6) is 0 Å². The molecule has 0 aliphatic heterocycles. The van der Waals surface area contributed by atoms with Crippen LogP contribution in [0.2, 0.25) is 0 Å². The summed E-state index contributed by atoms with van der Waals surface area (Å²) in [6.07, 6.45) is 4.48. The van der Waals surface area contributed by atoms with Crippen molar-refractivity contribution in [1.29, 1.82) is 5.26 Å². The number of nitrogens with zero attached hydrogens (tertiary/aromatic N) is 5. The molecule has 0 radical (unpaired) electrons. The van der Waals surface area contributed by atoms with Crippen LogP contribution in [0, 0.1) is 11.3 Å². The Bertz CT molecular complexity index is 795. The van der Waals surface area contributed by atoms with Crippen LogP contribution < -0.4 is 4.90 Å². The van der Waals surface area contributed by atoms with Gasteiger partial charge in [0.05, 0.1) is 0 Å². The molecule has 118 valence electrons. The molecule has 0 unspecified atom stereocenters. The average Bonchev–Trinajstić information content (AvgIpc) is 2.67. The fraction of sp³-hybridized carbons (Fsp3) is 0.158. The summed E-state index contributed by atoms with van der Waals surface area (Å²) in [5.41, 5.74) is 2.76. The molecule has 2 aromatic heterocycles. The Morgan fingerprint density at radius 3 is 2.33 bits per heavy atom. The SMILES string of the molecule is N#Cc1ccc(N(CCc2ccccc2)Cc2ccncc2)nn1. The van der Waals surface area contributed by atoms with Crippen LogP contribution in [0.4, 0.5) is 5.82 Å². The zero-order valence-electron chi connectivity index (χ0n) is 13.2. The largest absolute Gasteiger partial charge is 0.350 e. The number of hydrogen-bond donors (Lipinski definition) is 0. The standard InChI is InChI=1S/C19H17N5/c20-14-18-6-7-19(23-22-18)24(15-17-8-11-21-12-9-17)13-10-16-4-2-1-3-5-16/h1-9,11-12H,10,13,15H2. The van der Waals surface area contributed by atoms with Gasteiger partial charge in [-0.3, -0.25) is 4.98 Å². The first kappa shape index (κ1) is 15.6. The van der Waals surface area contributed by atoms with Gasteiger partial charge in [-0.25, -0.2) is 0 Å². The van der Waals surface area contributed by atoms with Crippen molar-refractivity contribution in [1.82, 2.24) is 15.2 Å². The van der Waals surface area contributed by atoms with Crippen molar-refractivity contribution in [3.05, 3.63) is 83.8 Å². The highest BCUT2D eigenvalue weighted by Gasteiger charge is 2.10. The third-order valence-electron chi connectivity index (χ3n) is 3.73. The number of benzene rings is 1. The number of anilines is 1. The number of rotatable bonds is 6. The Morgan fingerprint density at radius 2 is 1.67 bits per heavy atom. The van der Waals surface area contributed by atoms with Crippen molar-refractivity contribution < 1.29 is 0 Å². The van der Waals surface area contributed by atoms with Gasteiger partial charge in [0.15, 0.2) is 11.5 Å². The lowest BCUT2D eigenvalue weighted by atomic mass is 10.1. The second-order valence-electron chi connectivity index (χ2n) is 5.40. The molecule has 3 aromatic rings. The molecule has 0 saturated heterocycles. The van der Waals surface area contributed by atoms with Gasteiger partial charge >= 0.3 is 0 Å². The minimum Gasteiger partial charge on any atom is -0.350 e. The number of pyridine rings is 1. The number of hydrogen-bond acceptors (Lipinski definition) is 5. The maximum absolute atomic E-state index is 8.88. The first-order valence-corrected chi connectivity index (χ1v) is 7.77. The van der Waals surface area contributed by atoms with Crippen molar-refractivity contribution in [2.75, 3.05) is 11.4 Å². The van der Waals surface area contributed by atoms with Crippen molar-refractivity contribution in [3.63, 3.8) is 0 Å². The summed E-state index contributed by atoms with van der Waals surface area (Å²) in [6.45, 7) is 1.53. The van der Waals surface area contributed by atoms with Crippen molar-refractivity contribution >= 4 is 5.82 Å². The van der Waals surface area contributed by atoms with E-state index >= 15 is 0 Å². The van der Waals surface area contributed by atoms with E-state index in [-0.39, 0.29) is 0 Å². The second kappa shape index (κ2) is 7.84. The highest BCUT2D eigenvalue weighted by atomic mass is 15.3. The zero-order valence-corrected chi connectivity index (χ0v) is 13.2. The molecule has 5 heteroatoms. The van der Waals surface area contributed by atoms with Gasteiger partial charge in [-0.1, -0.05) is 30.3 Å². The van der Waals surface area contributed by atoms with Crippen LogP contribution >= 0.6 is 0 Å². The molecule has 5 nitrogen and oxygen atoms in total. The molecular formula is C19H17N5. The Kier molecular flexibility index (Phi) is 5.10. The second-order valence-corrected chi connectivity index (χ2v) is 5.40. The summed E-state index contributed by atoms with van der Waals surface area (Å²) in [5.74, 6) is 0.766. The van der Waals surface area contributed by atoms with Crippen molar-refractivity contribution in [3.8, 4) is 6.07 Å². The third kappa shape index (κ3) is 4.14. The predicted molar refractivity (Wildman–Crippen MR) is 92.2 cm³/mol. The molecule has 24 heavy (non-hydrogen) atoms. The molecule has 0 aliphatic rings. The third-order valence-corrected chi connectivity index (χ3v) is 3.73. The number of aromatic nitrogens is 3. The predicted octanol–water partition coefficient (Wildman–Crippen LogP) is 2.99. The summed E-state index contributed by atoms with van der Waals surface area (Å²) in [4.78, 5) is 6.22. The van der Waals surface area contributed by atoms with E-state index in [4.69, 9.17) is 5.26 Å². The van der Waals surface area contributed by atoms with Crippen LogP contribution in [-0.2, 0) is 13.0 Å². The fourth-order valence-electron chi connectivity index (χ4n) is 2.45. The van der Waals surface area contributed by atoms with Crippen LogP contribution in [0.1, 0.15) is 16.8 Å². The maximum Gasteiger partial charge on any atom is 0.163 e. The van der Waals surface area contributed by atoms with E-state index in [0.29, 0.717) is 5.69 Å². The lowest BCUT2D eigenvalue weighted by Crippen LogP contribution is -2.26. The quantitative estimate of drug-likeness (QED) is 0.699. The van der Waals surface area contributed by atoms with Gasteiger partial charge in [-0.15, -0.1) is 10.2 Å². The Balaban J connectivity index is 1.78. The van der Waals surface area contributed by atoms with Gasteiger partial charge in [-0.05, 0) is 41.8 Å². The van der Waals surface area contributed by atoms with Crippen molar-refractivity contribution in [2.45, 2.75) is 13.0 Å². The minimum atomic E-state index is 0.325. The first-order valence-electron chi connectivity index (χ1n) is 7.77. The van der Waals surface area contributed by atoms with E-state index in [1.54, 1.807) is 18.5 Å². The lowest BCUT2D eigenvalue weighted by molar-refractivity contribution is 0.755. The molecule has 0 aliphatic carbocycles. The lowest BCUT2D eigenvalue weighted by Gasteiger charge is -2.23. The van der Waals surface area contributed by atoms with Crippen LogP contribution in [0.3, 0.4) is 0 Å². The van der Waals surface area contributed by atoms with E-state index in [1.807, 2.05) is 42.5 Å². The highest BCUT2D eigenvalue weighted by Crippen LogP contribution is 2.15. The fourth-order valence-corrected chi connectivity index (χ4v) is 2.45. The summed E-state index contributed by atoms with van der Waals surface area (Å²) in [5, 5.41) is 17.0. The van der Waals surface area contributed by atoms with Gasteiger partial charge in [-0.2, -0.15) is 5.26 Å². The average molecular weight is 315 g/mol. The first-order chi connectivity index (χ1) is 11.8. The molecule has 0 bridgehead atoms. The molecular weight excluding hydrogens is 298 g/mol. The molecule has 0 atom stereocenters. The molecule has 1 aromatic carbocycles. The molecule has 0 spiro atoms.